The molecule has 0 spiro atoms. The number of hydrogen-bond acceptors (Lipinski definition) is 1. The van der Waals surface area contributed by atoms with Gasteiger partial charge in [-0.05, 0) is 0 Å². The van der Waals surface area contributed by atoms with E-state index < -0.39 is 0 Å². The van der Waals surface area contributed by atoms with E-state index in [4.69, 9.17) is 0 Å². The van der Waals surface area contributed by atoms with Crippen molar-refractivity contribution in [1.82, 2.24) is 0 Å². The summed E-state index contributed by atoms with van der Waals surface area (Å²) in [5.74, 6) is 0.0981. The van der Waals surface area contributed by atoms with E-state index in [2.05, 4.69) is 36.8 Å². The molecule has 2 aromatic rings. The molecule has 0 fully saturated rings. The summed E-state index contributed by atoms with van der Waals surface area (Å²) in [6, 6.07) is 13.9. The molecule has 0 aliphatic rings. The predicted molar refractivity (Wildman–Crippen MR) is 80.5 cm³/mol. The Morgan fingerprint density at radius 1 is 0.947 bits per heavy atom. The Kier molecular flexibility index (Phi) is 4.60. The third-order valence-electron chi connectivity index (χ3n) is 3.34. The van der Waals surface area contributed by atoms with Crippen LogP contribution >= 0.6 is 0 Å². The van der Waals surface area contributed by atoms with Gasteiger partial charge in [0.25, 0.3) is 0 Å². The van der Waals surface area contributed by atoms with Crippen molar-refractivity contribution in [3.63, 3.8) is 0 Å². The van der Waals surface area contributed by atoms with Crippen molar-refractivity contribution in [3.05, 3.63) is 64.7 Å². The Bertz CT molecular complexity index is 585. The minimum atomic E-state index is 0.0981. The molecule has 0 saturated heterocycles. The van der Waals surface area contributed by atoms with Crippen molar-refractivity contribution < 1.29 is 4.79 Å². The summed E-state index contributed by atoms with van der Waals surface area (Å²) in [4.78, 5) is 12.5. The van der Waals surface area contributed by atoms with Gasteiger partial charge in [-0.15, -0.1) is 0 Å². The van der Waals surface area contributed by atoms with Crippen molar-refractivity contribution in [2.45, 2.75) is 26.7 Å². The Morgan fingerprint density at radius 2 is 1.53 bits per heavy atom. The van der Waals surface area contributed by atoms with E-state index in [-0.39, 0.29) is 5.78 Å². The van der Waals surface area contributed by atoms with Gasteiger partial charge in [-0.3, -0.25) is 0 Å². The first kappa shape index (κ1) is 14.1. The Morgan fingerprint density at radius 3 is 2.05 bits per heavy atom. The molecule has 0 N–H and O–H groups in total. The maximum atomic E-state index is 12.5. The molecule has 0 aliphatic heterocycles. The molecule has 2 heteroatoms. The molecule has 2 radical (unpaired) electrons. The van der Waals surface area contributed by atoms with E-state index in [1.807, 2.05) is 36.4 Å². The average Bonchev–Trinajstić information content (AvgIpc) is 2.46. The zero-order chi connectivity index (χ0) is 13.8. The number of aryl methyl sites for hydroxylation is 2. The van der Waals surface area contributed by atoms with Crippen molar-refractivity contribution in [2.75, 3.05) is 0 Å². The maximum absolute atomic E-state index is 12.5. The molecule has 0 amide bonds. The Labute approximate surface area is 123 Å². The topological polar surface area (TPSA) is 17.1 Å². The third kappa shape index (κ3) is 3.16. The monoisotopic (exact) mass is 312 g/mol. The molecule has 0 heterocycles. The van der Waals surface area contributed by atoms with E-state index in [9.17, 15) is 4.79 Å². The second-order valence-corrected chi connectivity index (χ2v) is 5.60. The number of ketones is 1. The van der Waals surface area contributed by atoms with E-state index >= 15 is 0 Å². The summed E-state index contributed by atoms with van der Waals surface area (Å²) in [5, 5.41) is 0. The number of carbonyl (C=O) groups excluding carboxylic acids is 1. The SMILES string of the molecule is CCc1ccc(C(=O)c2ccc(CC)cc2[As])cc1. The van der Waals surface area contributed by atoms with Crippen LogP contribution in [-0.4, -0.2) is 22.6 Å². The zero-order valence-electron chi connectivity index (χ0n) is 11.3. The van der Waals surface area contributed by atoms with Gasteiger partial charge in [-0.2, -0.15) is 0 Å². The molecule has 0 bridgehead atoms. The van der Waals surface area contributed by atoms with Crippen molar-refractivity contribution in [1.29, 1.82) is 0 Å². The van der Waals surface area contributed by atoms with Crippen LogP contribution in [0.25, 0.3) is 0 Å². The molecule has 96 valence electrons. The van der Waals surface area contributed by atoms with Gasteiger partial charge in [0, 0.05) is 0 Å². The molecule has 0 aromatic heterocycles. The molecule has 2 rings (SSSR count). The number of benzene rings is 2. The van der Waals surface area contributed by atoms with Crippen LogP contribution in [0.5, 0.6) is 0 Å². The van der Waals surface area contributed by atoms with Crippen LogP contribution < -0.4 is 4.35 Å². The van der Waals surface area contributed by atoms with Gasteiger partial charge in [0.05, 0.1) is 0 Å². The first-order valence-electron chi connectivity index (χ1n) is 6.61. The van der Waals surface area contributed by atoms with Crippen molar-refractivity contribution >= 4 is 27.0 Å². The van der Waals surface area contributed by atoms with E-state index in [1.54, 1.807) is 0 Å². The van der Waals surface area contributed by atoms with Gasteiger partial charge in [0.1, 0.15) is 0 Å². The molecule has 19 heavy (non-hydrogen) atoms. The molecule has 0 saturated carbocycles. The first-order valence-corrected chi connectivity index (χ1v) is 7.55. The molecule has 1 nitrogen and oxygen atoms in total. The van der Waals surface area contributed by atoms with Crippen LogP contribution in [0.3, 0.4) is 0 Å². The second kappa shape index (κ2) is 6.21. The van der Waals surface area contributed by atoms with E-state index in [0.717, 1.165) is 28.3 Å². The number of carbonyl (C=O) groups is 1. The minimum absolute atomic E-state index is 0.0981. The van der Waals surface area contributed by atoms with Crippen LogP contribution in [0.1, 0.15) is 40.9 Å². The summed E-state index contributed by atoms with van der Waals surface area (Å²) in [5.41, 5.74) is 4.05. The van der Waals surface area contributed by atoms with E-state index in [0.29, 0.717) is 0 Å². The quantitative estimate of drug-likeness (QED) is 0.627. The Balaban J connectivity index is 2.32. The summed E-state index contributed by atoms with van der Waals surface area (Å²) >= 11 is 2.50. The van der Waals surface area contributed by atoms with Crippen LogP contribution in [0.2, 0.25) is 0 Å². The second-order valence-electron chi connectivity index (χ2n) is 4.58. The molecule has 0 aliphatic carbocycles. The average molecular weight is 312 g/mol. The van der Waals surface area contributed by atoms with Gasteiger partial charge in [0.15, 0.2) is 0 Å². The fraction of sp³-hybridized carbons (Fsp3) is 0.235. The fourth-order valence-electron chi connectivity index (χ4n) is 2.04. The van der Waals surface area contributed by atoms with Gasteiger partial charge in [0.2, 0.25) is 0 Å². The van der Waals surface area contributed by atoms with E-state index in [1.165, 1.54) is 11.1 Å². The predicted octanol–water partition coefficient (Wildman–Crippen LogP) is 2.84. The molecule has 2 aromatic carbocycles. The normalized spacial score (nSPS) is 10.5. The first-order chi connectivity index (χ1) is 9.15. The number of hydrogen-bond donors (Lipinski definition) is 0. The summed E-state index contributed by atoms with van der Waals surface area (Å²) in [6.45, 7) is 4.23. The van der Waals surface area contributed by atoms with Crippen molar-refractivity contribution in [3.8, 4) is 0 Å². The van der Waals surface area contributed by atoms with Crippen molar-refractivity contribution in [2.24, 2.45) is 0 Å². The van der Waals surface area contributed by atoms with Crippen LogP contribution in [-0.2, 0) is 12.8 Å². The van der Waals surface area contributed by atoms with Crippen LogP contribution in [0, 0.1) is 0 Å². The summed E-state index contributed by atoms with van der Waals surface area (Å²) in [7, 11) is 0. The zero-order valence-corrected chi connectivity index (χ0v) is 13.2. The molecule has 0 atom stereocenters. The summed E-state index contributed by atoms with van der Waals surface area (Å²) < 4.78 is 0.997. The summed E-state index contributed by atoms with van der Waals surface area (Å²) in [6.07, 6.45) is 1.99. The van der Waals surface area contributed by atoms with Crippen LogP contribution in [0.15, 0.2) is 42.5 Å². The molecule has 0 unspecified atom stereocenters. The van der Waals surface area contributed by atoms with Gasteiger partial charge in [-0.25, -0.2) is 0 Å². The molecular weight excluding hydrogens is 295 g/mol. The van der Waals surface area contributed by atoms with Crippen LogP contribution in [0.4, 0.5) is 0 Å². The van der Waals surface area contributed by atoms with Gasteiger partial charge in [-0.1, -0.05) is 0 Å². The van der Waals surface area contributed by atoms with Gasteiger partial charge < -0.3 is 0 Å². The third-order valence-corrected chi connectivity index (χ3v) is 4.12. The number of rotatable bonds is 4. The Hall–Kier alpha value is -1.33. The molecular formula is C17H17AsO. The fourth-order valence-corrected chi connectivity index (χ4v) is 2.75. The standard InChI is InChI=1S/C17H17AsO/c1-3-12-5-8-14(9-6-12)17(19)15-10-7-13(4-2)11-16(15)18/h5-11H,3-4H2,1-2H3. The van der Waals surface area contributed by atoms with Gasteiger partial charge >= 0.3 is 123 Å².